The number of amides is 1. The molecule has 2 aromatic rings. The normalized spacial score (nSPS) is 21.9. The maximum absolute atomic E-state index is 11.9. The Morgan fingerprint density at radius 1 is 1.25 bits per heavy atom. The summed E-state index contributed by atoms with van der Waals surface area (Å²) in [6.45, 7) is 3.52. The molecular formula is C15H14N2O2S. The van der Waals surface area contributed by atoms with Gasteiger partial charge in [0, 0.05) is 6.92 Å². The molecule has 4 nitrogen and oxygen atoms in total. The molecule has 1 aliphatic heterocycles. The summed E-state index contributed by atoms with van der Waals surface area (Å²) in [6.07, 6.45) is 1.61. The third kappa shape index (κ3) is 2.04. The first kappa shape index (κ1) is 13.0. The summed E-state index contributed by atoms with van der Waals surface area (Å²) in [5.41, 5.74) is 1.03. The van der Waals surface area contributed by atoms with Gasteiger partial charge in [-0.25, -0.2) is 5.01 Å². The second-order valence-corrected chi connectivity index (χ2v) is 6.05. The van der Waals surface area contributed by atoms with Crippen LogP contribution in [0.4, 0.5) is 0 Å². The lowest BCUT2D eigenvalue weighted by molar-refractivity contribution is -0.131. The molecule has 0 bridgehead atoms. The highest BCUT2D eigenvalue weighted by Crippen LogP contribution is 2.46. The van der Waals surface area contributed by atoms with E-state index in [0.29, 0.717) is 5.76 Å². The second kappa shape index (κ2) is 4.83. The fourth-order valence-corrected chi connectivity index (χ4v) is 3.46. The third-order valence-corrected chi connectivity index (χ3v) is 4.51. The van der Waals surface area contributed by atoms with Gasteiger partial charge < -0.3 is 4.42 Å². The number of furan rings is 1. The van der Waals surface area contributed by atoms with E-state index in [1.54, 1.807) is 6.26 Å². The van der Waals surface area contributed by atoms with Crippen molar-refractivity contribution in [2.45, 2.75) is 18.7 Å². The largest absolute Gasteiger partial charge is 0.462 e. The van der Waals surface area contributed by atoms with Gasteiger partial charge in [0.25, 0.3) is 0 Å². The first-order chi connectivity index (χ1) is 9.61. The smallest absolute Gasteiger partial charge is 0.241 e. The van der Waals surface area contributed by atoms with Crippen molar-refractivity contribution >= 4 is 22.7 Å². The van der Waals surface area contributed by atoms with Crippen molar-refractivity contribution in [3.05, 3.63) is 60.1 Å². The number of carbonyl (C=O) groups excluding carboxylic acids is 1. The van der Waals surface area contributed by atoms with Crippen LogP contribution in [0.2, 0.25) is 0 Å². The van der Waals surface area contributed by atoms with Gasteiger partial charge in [0.15, 0.2) is 10.8 Å². The van der Waals surface area contributed by atoms with Crippen molar-refractivity contribution in [1.29, 1.82) is 0 Å². The molecule has 0 saturated heterocycles. The van der Waals surface area contributed by atoms with Crippen molar-refractivity contribution in [3.63, 3.8) is 0 Å². The summed E-state index contributed by atoms with van der Waals surface area (Å²) < 4.78 is 5.39. The third-order valence-electron chi connectivity index (χ3n) is 3.23. The zero-order valence-corrected chi connectivity index (χ0v) is 12.1. The number of hydrogen-bond donors (Lipinski definition) is 0. The Bertz CT molecular complexity index is 652. The van der Waals surface area contributed by atoms with Crippen LogP contribution in [0.3, 0.4) is 0 Å². The summed E-state index contributed by atoms with van der Waals surface area (Å²) in [5, 5.41) is 6.67. The van der Waals surface area contributed by atoms with E-state index in [4.69, 9.17) is 4.42 Å². The van der Waals surface area contributed by atoms with Crippen molar-refractivity contribution in [1.82, 2.24) is 5.01 Å². The lowest BCUT2D eigenvalue weighted by Crippen LogP contribution is -2.37. The maximum Gasteiger partial charge on any atom is 0.241 e. The Hall–Kier alpha value is -2.01. The Balaban J connectivity index is 2.03. The number of nitrogens with zero attached hydrogens (tertiary/aromatic N) is 2. The van der Waals surface area contributed by atoms with Gasteiger partial charge in [-0.3, -0.25) is 4.79 Å². The van der Waals surface area contributed by atoms with Crippen LogP contribution < -0.4 is 0 Å². The van der Waals surface area contributed by atoms with Gasteiger partial charge in [0.2, 0.25) is 5.91 Å². The molecule has 0 N–H and O–H groups in total. The molecule has 0 fully saturated rings. The van der Waals surface area contributed by atoms with Crippen LogP contribution in [0, 0.1) is 0 Å². The van der Waals surface area contributed by atoms with Gasteiger partial charge in [-0.2, -0.15) is 5.10 Å². The van der Waals surface area contributed by atoms with Gasteiger partial charge in [-0.15, -0.1) is 0 Å². The van der Waals surface area contributed by atoms with Crippen molar-refractivity contribution in [2.24, 2.45) is 5.10 Å². The first-order valence-corrected chi connectivity index (χ1v) is 7.11. The topological polar surface area (TPSA) is 45.8 Å². The van der Waals surface area contributed by atoms with E-state index >= 15 is 0 Å². The Morgan fingerprint density at radius 3 is 2.60 bits per heavy atom. The van der Waals surface area contributed by atoms with Crippen LogP contribution in [0.15, 0.2) is 58.2 Å². The fraction of sp³-hybridized carbons (Fsp3) is 0.200. The molecule has 1 aromatic heterocycles. The van der Waals surface area contributed by atoms with Crippen molar-refractivity contribution in [2.75, 3.05) is 0 Å². The highest BCUT2D eigenvalue weighted by molar-refractivity contribution is 8.15. The molecule has 1 unspecified atom stereocenters. The van der Waals surface area contributed by atoms with Crippen LogP contribution in [-0.4, -0.2) is 16.0 Å². The van der Waals surface area contributed by atoms with E-state index in [-0.39, 0.29) is 5.91 Å². The van der Waals surface area contributed by atoms with Crippen LogP contribution in [0.25, 0.3) is 0 Å². The Morgan fingerprint density at radius 2 is 2.00 bits per heavy atom. The number of carbonyl (C=O) groups is 1. The fourth-order valence-electron chi connectivity index (χ4n) is 2.24. The molecule has 3 rings (SSSR count). The van der Waals surface area contributed by atoms with Crippen molar-refractivity contribution in [3.8, 4) is 0 Å². The predicted octanol–water partition coefficient (Wildman–Crippen LogP) is 3.41. The zero-order chi connectivity index (χ0) is 14.2. The van der Waals surface area contributed by atoms with Crippen LogP contribution in [-0.2, 0) is 9.67 Å². The number of hydrogen-bond acceptors (Lipinski definition) is 4. The first-order valence-electron chi connectivity index (χ1n) is 6.29. The van der Waals surface area contributed by atoms with E-state index in [0.717, 1.165) is 10.6 Å². The minimum Gasteiger partial charge on any atom is -0.462 e. The highest BCUT2D eigenvalue weighted by Gasteiger charge is 2.44. The number of thioether (sulfide) groups is 1. The molecule has 1 atom stereocenters. The summed E-state index contributed by atoms with van der Waals surface area (Å²) in [6, 6.07) is 13.6. The highest BCUT2D eigenvalue weighted by atomic mass is 32.2. The lowest BCUT2D eigenvalue weighted by Gasteiger charge is -2.31. The molecule has 20 heavy (non-hydrogen) atoms. The minimum absolute atomic E-state index is 0.0922. The molecule has 1 aliphatic rings. The Labute approximate surface area is 121 Å². The van der Waals surface area contributed by atoms with Crippen LogP contribution >= 0.6 is 11.8 Å². The van der Waals surface area contributed by atoms with Gasteiger partial charge in [0.05, 0.1) is 6.26 Å². The molecule has 0 spiro atoms. The van der Waals surface area contributed by atoms with Gasteiger partial charge in [0.1, 0.15) is 4.87 Å². The molecule has 0 aliphatic carbocycles. The number of hydrazone groups is 1. The summed E-state index contributed by atoms with van der Waals surface area (Å²) in [5.74, 6) is 0.589. The number of benzene rings is 1. The van der Waals surface area contributed by atoms with Crippen molar-refractivity contribution < 1.29 is 9.21 Å². The summed E-state index contributed by atoms with van der Waals surface area (Å²) in [7, 11) is 0. The monoisotopic (exact) mass is 286 g/mol. The van der Waals surface area contributed by atoms with E-state index in [9.17, 15) is 4.79 Å². The van der Waals surface area contributed by atoms with E-state index in [1.165, 1.54) is 23.7 Å². The molecule has 2 heterocycles. The summed E-state index contributed by atoms with van der Waals surface area (Å²) >= 11 is 1.52. The quantitative estimate of drug-likeness (QED) is 0.850. The van der Waals surface area contributed by atoms with E-state index < -0.39 is 4.87 Å². The second-order valence-electron chi connectivity index (χ2n) is 4.66. The molecular weight excluding hydrogens is 272 g/mol. The summed E-state index contributed by atoms with van der Waals surface area (Å²) in [4.78, 5) is 11.4. The van der Waals surface area contributed by atoms with Crippen LogP contribution in [0.5, 0.6) is 0 Å². The SMILES string of the molecule is CC(=O)N1N=C(c2ccco2)SC1(C)c1ccccc1. The number of rotatable bonds is 2. The minimum atomic E-state index is -0.546. The Kier molecular flexibility index (Phi) is 3.14. The molecule has 102 valence electrons. The molecule has 0 saturated carbocycles. The molecule has 1 amide bonds. The van der Waals surface area contributed by atoms with E-state index in [1.807, 2.05) is 49.4 Å². The molecule has 0 radical (unpaired) electrons. The van der Waals surface area contributed by atoms with E-state index in [2.05, 4.69) is 5.10 Å². The molecule has 5 heteroatoms. The van der Waals surface area contributed by atoms with Crippen LogP contribution in [0.1, 0.15) is 25.2 Å². The maximum atomic E-state index is 11.9. The average Bonchev–Trinajstić information content (AvgIpc) is 3.07. The van der Waals surface area contributed by atoms with Gasteiger partial charge in [-0.05, 0) is 24.6 Å². The standard InChI is InChI=1S/C15H14N2O2S/c1-11(18)17-15(2,12-7-4-3-5-8-12)20-14(16-17)13-9-6-10-19-13/h3-10H,1-2H3. The van der Waals surface area contributed by atoms with Gasteiger partial charge >= 0.3 is 0 Å². The lowest BCUT2D eigenvalue weighted by atomic mass is 10.1. The average molecular weight is 286 g/mol. The zero-order valence-electron chi connectivity index (χ0n) is 11.2. The predicted molar refractivity (Wildman–Crippen MR) is 79.2 cm³/mol. The van der Waals surface area contributed by atoms with Gasteiger partial charge in [-0.1, -0.05) is 42.1 Å². The molecule has 1 aromatic carbocycles.